The molecule has 1 aliphatic carbocycles. The Labute approximate surface area is 356 Å². The van der Waals surface area contributed by atoms with Crippen LogP contribution in [-0.2, 0) is 5.41 Å². The summed E-state index contributed by atoms with van der Waals surface area (Å²) in [6.07, 6.45) is 0. The van der Waals surface area contributed by atoms with E-state index in [1.54, 1.807) is 0 Å². The molecule has 0 bridgehead atoms. The Hall–Kier alpha value is -7.94. The molecule has 0 N–H and O–H groups in total. The summed E-state index contributed by atoms with van der Waals surface area (Å²) in [5, 5.41) is 2.48. The highest BCUT2D eigenvalue weighted by Crippen LogP contribution is 2.65. The van der Waals surface area contributed by atoms with E-state index < -0.39 is 5.41 Å². The van der Waals surface area contributed by atoms with Crippen LogP contribution in [0.5, 0.6) is 0 Å². The Bertz CT molecular complexity index is 3220. The van der Waals surface area contributed by atoms with Crippen molar-refractivity contribution >= 4 is 44.9 Å². The van der Waals surface area contributed by atoms with E-state index in [2.05, 4.69) is 252 Å². The van der Waals surface area contributed by atoms with E-state index in [4.69, 9.17) is 0 Å². The summed E-state index contributed by atoms with van der Waals surface area (Å²) in [5.41, 5.74) is 18.7. The smallest absolute Gasteiger partial charge is 0.0755 e. The molecule has 0 saturated carbocycles. The van der Waals surface area contributed by atoms with Gasteiger partial charge in [-0.25, -0.2) is 0 Å². The van der Waals surface area contributed by atoms with Gasteiger partial charge in [0.2, 0.25) is 0 Å². The molecule has 10 aromatic carbocycles. The van der Waals surface area contributed by atoms with Gasteiger partial charge in [-0.05, 0) is 104 Å². The van der Waals surface area contributed by atoms with Crippen molar-refractivity contribution in [3.63, 3.8) is 0 Å². The first-order valence-electron chi connectivity index (χ1n) is 21.1. The number of hydrogen-bond donors (Lipinski definition) is 0. The molecule has 0 unspecified atom stereocenters. The van der Waals surface area contributed by atoms with Gasteiger partial charge in [0.1, 0.15) is 0 Å². The number of anilines is 6. The Morgan fingerprint density at radius 3 is 1.52 bits per heavy atom. The monoisotopic (exact) mass is 776 g/mol. The summed E-state index contributed by atoms with van der Waals surface area (Å²) in [5.74, 6) is 0. The van der Waals surface area contributed by atoms with Gasteiger partial charge in [-0.2, -0.15) is 0 Å². The zero-order valence-electron chi connectivity index (χ0n) is 33.5. The van der Waals surface area contributed by atoms with Crippen molar-refractivity contribution in [3.8, 4) is 33.4 Å². The molecule has 1 aliphatic heterocycles. The molecule has 10 aromatic rings. The lowest BCUT2D eigenvalue weighted by atomic mass is 9.64. The number of rotatable bonds is 6. The lowest BCUT2D eigenvalue weighted by Gasteiger charge is -2.45. The maximum absolute atomic E-state index is 2.50. The van der Waals surface area contributed by atoms with Gasteiger partial charge in [-0.1, -0.05) is 194 Å². The largest absolute Gasteiger partial charge is 0.310 e. The molecule has 61 heavy (non-hydrogen) atoms. The van der Waals surface area contributed by atoms with E-state index in [1.807, 2.05) is 0 Å². The minimum absolute atomic E-state index is 0.566. The van der Waals surface area contributed by atoms with Gasteiger partial charge < -0.3 is 9.80 Å². The van der Waals surface area contributed by atoms with Crippen LogP contribution in [0.4, 0.5) is 34.1 Å². The van der Waals surface area contributed by atoms with Crippen LogP contribution in [0.1, 0.15) is 22.3 Å². The first-order chi connectivity index (χ1) is 30.3. The fourth-order valence-electron chi connectivity index (χ4n) is 10.5. The molecule has 0 aromatic heterocycles. The van der Waals surface area contributed by atoms with Gasteiger partial charge in [-0.15, -0.1) is 0 Å². The van der Waals surface area contributed by atoms with Crippen molar-refractivity contribution in [2.45, 2.75) is 5.41 Å². The summed E-state index contributed by atoms with van der Waals surface area (Å²) in [6.45, 7) is 0. The zero-order valence-corrected chi connectivity index (χ0v) is 33.5. The van der Waals surface area contributed by atoms with Crippen molar-refractivity contribution in [3.05, 3.63) is 265 Å². The second kappa shape index (κ2) is 14.1. The van der Waals surface area contributed by atoms with E-state index in [0.29, 0.717) is 0 Å². The molecule has 0 fully saturated rings. The maximum Gasteiger partial charge on any atom is 0.0755 e. The summed E-state index contributed by atoms with van der Waals surface area (Å²) < 4.78 is 0. The summed E-state index contributed by atoms with van der Waals surface area (Å²) in [7, 11) is 0. The molecular weight excluding hydrogens is 737 g/mol. The predicted octanol–water partition coefficient (Wildman–Crippen LogP) is 15.8. The summed E-state index contributed by atoms with van der Waals surface area (Å²) >= 11 is 0. The van der Waals surface area contributed by atoms with Gasteiger partial charge in [-0.3, -0.25) is 0 Å². The van der Waals surface area contributed by atoms with E-state index in [0.717, 1.165) is 22.7 Å². The third-order valence-electron chi connectivity index (χ3n) is 12.9. The number of hydrogen-bond acceptors (Lipinski definition) is 2. The number of fused-ring (bicyclic) bond motifs is 10. The van der Waals surface area contributed by atoms with Crippen LogP contribution in [-0.4, -0.2) is 0 Å². The molecule has 0 radical (unpaired) electrons. The van der Waals surface area contributed by atoms with E-state index in [1.165, 1.54) is 77.8 Å². The minimum atomic E-state index is -0.566. The van der Waals surface area contributed by atoms with Gasteiger partial charge in [0.05, 0.1) is 28.2 Å². The second-order valence-corrected chi connectivity index (χ2v) is 16.0. The third kappa shape index (κ3) is 5.22. The molecule has 286 valence electrons. The average molecular weight is 777 g/mol. The minimum Gasteiger partial charge on any atom is -0.310 e. The number of para-hydroxylation sites is 5. The van der Waals surface area contributed by atoms with Gasteiger partial charge in [0.15, 0.2) is 0 Å². The second-order valence-electron chi connectivity index (χ2n) is 16.0. The van der Waals surface area contributed by atoms with Crippen molar-refractivity contribution in [1.29, 1.82) is 0 Å². The van der Waals surface area contributed by atoms with Crippen molar-refractivity contribution < 1.29 is 0 Å². The zero-order chi connectivity index (χ0) is 40.3. The highest BCUT2D eigenvalue weighted by atomic mass is 15.2. The Morgan fingerprint density at radius 1 is 0.311 bits per heavy atom. The van der Waals surface area contributed by atoms with Crippen LogP contribution in [0.25, 0.3) is 44.2 Å². The SMILES string of the molecule is c1ccc(N2c3ccccc3C3(c4ccccc4-c4c(N(c5ccccc5)c5ccccc5-c5ccccc5-c5cccc6ccccc56)cccc43)c3ccccc32)cc1. The molecule has 2 heteroatoms. The fraction of sp³-hybridized carbons (Fsp3) is 0.0169. The lowest BCUT2D eigenvalue weighted by Crippen LogP contribution is -2.36. The first kappa shape index (κ1) is 35.0. The van der Waals surface area contributed by atoms with E-state index in [9.17, 15) is 0 Å². The number of nitrogens with zero attached hydrogens (tertiary/aromatic N) is 2. The Kier molecular flexibility index (Phi) is 8.11. The van der Waals surface area contributed by atoms with Crippen LogP contribution in [0.2, 0.25) is 0 Å². The molecule has 1 heterocycles. The Balaban J connectivity index is 1.14. The molecular formula is C59H40N2. The van der Waals surface area contributed by atoms with E-state index in [-0.39, 0.29) is 0 Å². The molecule has 0 saturated heterocycles. The van der Waals surface area contributed by atoms with Gasteiger partial charge in [0, 0.05) is 22.5 Å². The van der Waals surface area contributed by atoms with Crippen LogP contribution >= 0.6 is 0 Å². The van der Waals surface area contributed by atoms with Crippen LogP contribution in [0.15, 0.2) is 243 Å². The van der Waals surface area contributed by atoms with Crippen LogP contribution < -0.4 is 9.80 Å². The highest BCUT2D eigenvalue weighted by Gasteiger charge is 2.52. The summed E-state index contributed by atoms with van der Waals surface area (Å²) in [6, 6.07) is 89.1. The van der Waals surface area contributed by atoms with Crippen molar-refractivity contribution in [2.24, 2.45) is 0 Å². The normalized spacial score (nSPS) is 13.0. The molecule has 0 atom stereocenters. The molecule has 12 rings (SSSR count). The highest BCUT2D eigenvalue weighted by molar-refractivity contribution is 6.05. The van der Waals surface area contributed by atoms with Gasteiger partial charge >= 0.3 is 0 Å². The molecule has 1 spiro atoms. The van der Waals surface area contributed by atoms with Gasteiger partial charge in [0.25, 0.3) is 0 Å². The quantitative estimate of drug-likeness (QED) is 0.166. The molecule has 0 amide bonds. The first-order valence-corrected chi connectivity index (χ1v) is 21.1. The lowest BCUT2D eigenvalue weighted by molar-refractivity contribution is 0.752. The summed E-state index contributed by atoms with van der Waals surface area (Å²) in [4.78, 5) is 4.95. The van der Waals surface area contributed by atoms with Crippen molar-refractivity contribution in [2.75, 3.05) is 9.80 Å². The maximum atomic E-state index is 2.50. The number of benzene rings is 10. The van der Waals surface area contributed by atoms with Crippen LogP contribution in [0, 0.1) is 0 Å². The van der Waals surface area contributed by atoms with E-state index >= 15 is 0 Å². The fourth-order valence-corrected chi connectivity index (χ4v) is 10.5. The standard InChI is InChI=1S/C59H40N2/c1-3-23-42(24-4-1)60(54-37-16-12-30-48(54)47-29-10-9-28-46(47)45-32-19-22-41-21-7-8-27-44(41)45)57-40-20-36-53-58(57)49-31-11-13-33-50(49)59(53)51-34-14-17-38-55(51)61(43-25-5-2-6-26-43)56-39-18-15-35-52(56)59/h1-40H. The molecule has 2 nitrogen and oxygen atoms in total. The predicted molar refractivity (Wildman–Crippen MR) is 255 cm³/mol. The van der Waals surface area contributed by atoms with Crippen molar-refractivity contribution in [1.82, 2.24) is 0 Å². The average Bonchev–Trinajstić information content (AvgIpc) is 3.64. The third-order valence-corrected chi connectivity index (χ3v) is 12.9. The topological polar surface area (TPSA) is 6.48 Å². The Morgan fingerprint density at radius 2 is 0.787 bits per heavy atom. The molecule has 2 aliphatic rings. The van der Waals surface area contributed by atoms with Crippen LogP contribution in [0.3, 0.4) is 0 Å².